The molecular formula is C9H7N3O4. The van der Waals surface area contributed by atoms with E-state index >= 15 is 0 Å². The number of nitrogens with zero attached hydrogens (tertiary/aromatic N) is 3. The Morgan fingerprint density at radius 2 is 2.31 bits per heavy atom. The molecule has 0 spiro atoms. The topological polar surface area (TPSA) is 91.2 Å². The second kappa shape index (κ2) is 3.97. The van der Waals surface area contributed by atoms with Crippen LogP contribution in [0, 0.1) is 10.1 Å². The Hall–Kier alpha value is -2.44. The van der Waals surface area contributed by atoms with E-state index in [0.29, 0.717) is 5.76 Å². The first-order valence-electron chi connectivity index (χ1n) is 4.41. The third kappa shape index (κ3) is 1.97. The van der Waals surface area contributed by atoms with Gasteiger partial charge < -0.3 is 4.42 Å². The van der Waals surface area contributed by atoms with Gasteiger partial charge in [-0.2, -0.15) is 0 Å². The Morgan fingerprint density at radius 3 is 2.94 bits per heavy atom. The van der Waals surface area contributed by atoms with Gasteiger partial charge in [0.15, 0.2) is 0 Å². The third-order valence-corrected chi connectivity index (χ3v) is 1.94. The molecule has 16 heavy (non-hydrogen) atoms. The Kier molecular flexibility index (Phi) is 2.50. The number of hydrogen-bond donors (Lipinski definition) is 0. The van der Waals surface area contributed by atoms with Crippen LogP contribution in [-0.2, 0) is 6.54 Å². The van der Waals surface area contributed by atoms with Crippen molar-refractivity contribution in [3.63, 3.8) is 0 Å². The molecule has 0 saturated carbocycles. The number of hydrogen-bond acceptors (Lipinski definition) is 5. The predicted octanol–water partition coefficient (Wildman–Crippen LogP) is 0.793. The molecule has 0 aliphatic heterocycles. The molecule has 2 aromatic rings. The normalized spacial score (nSPS) is 10.2. The van der Waals surface area contributed by atoms with Crippen LogP contribution >= 0.6 is 0 Å². The van der Waals surface area contributed by atoms with Gasteiger partial charge in [0.05, 0.1) is 12.6 Å². The van der Waals surface area contributed by atoms with Gasteiger partial charge in [-0.25, -0.2) is 9.78 Å². The zero-order valence-corrected chi connectivity index (χ0v) is 8.07. The molecule has 0 saturated heterocycles. The monoisotopic (exact) mass is 221 g/mol. The molecule has 2 rings (SSSR count). The molecule has 0 N–H and O–H groups in total. The highest BCUT2D eigenvalue weighted by Gasteiger charge is 2.12. The Bertz CT molecular complexity index is 572. The van der Waals surface area contributed by atoms with E-state index in [-0.39, 0.29) is 12.4 Å². The summed E-state index contributed by atoms with van der Waals surface area (Å²) in [6.45, 7) is 0.126. The van der Waals surface area contributed by atoms with E-state index in [1.165, 1.54) is 29.1 Å². The number of aromatic nitrogens is 2. The van der Waals surface area contributed by atoms with E-state index < -0.39 is 10.6 Å². The summed E-state index contributed by atoms with van der Waals surface area (Å²) < 4.78 is 6.21. The van der Waals surface area contributed by atoms with Crippen LogP contribution in [0.3, 0.4) is 0 Å². The molecule has 7 nitrogen and oxygen atoms in total. The zero-order valence-electron chi connectivity index (χ0n) is 8.07. The molecule has 0 aliphatic rings. The molecule has 0 fully saturated rings. The van der Waals surface area contributed by atoms with Crippen LogP contribution in [0.2, 0.25) is 0 Å². The summed E-state index contributed by atoms with van der Waals surface area (Å²) in [5, 5.41) is 10.4. The first kappa shape index (κ1) is 10.1. The number of nitro groups is 1. The highest BCUT2D eigenvalue weighted by atomic mass is 16.6. The lowest BCUT2D eigenvalue weighted by molar-refractivity contribution is -0.402. The van der Waals surface area contributed by atoms with Crippen LogP contribution in [0.4, 0.5) is 5.88 Å². The molecule has 0 atom stereocenters. The minimum Gasteiger partial charge on any atom is -0.404 e. The van der Waals surface area contributed by atoms with Crippen molar-refractivity contribution in [3.05, 3.63) is 57.0 Å². The maximum atomic E-state index is 11.2. The van der Waals surface area contributed by atoms with Gasteiger partial charge in [-0.05, 0) is 12.1 Å². The van der Waals surface area contributed by atoms with Gasteiger partial charge in [-0.15, -0.1) is 0 Å². The molecule has 0 aromatic carbocycles. The quantitative estimate of drug-likeness (QED) is 0.564. The molecular weight excluding hydrogens is 214 g/mol. The molecule has 0 amide bonds. The molecule has 2 aromatic heterocycles. The van der Waals surface area contributed by atoms with Crippen molar-refractivity contribution in [2.45, 2.75) is 6.54 Å². The van der Waals surface area contributed by atoms with Crippen LogP contribution in [-0.4, -0.2) is 14.5 Å². The summed E-state index contributed by atoms with van der Waals surface area (Å²) in [5.74, 6) is -0.00580. The lowest BCUT2D eigenvalue weighted by Gasteiger charge is -1.99. The Labute approximate surface area is 89.1 Å². The van der Waals surface area contributed by atoms with Crippen LogP contribution < -0.4 is 5.69 Å². The minimum absolute atomic E-state index is 0.126. The molecule has 2 heterocycles. The van der Waals surface area contributed by atoms with E-state index in [1.54, 1.807) is 6.07 Å². The largest absolute Gasteiger partial charge is 0.433 e. The van der Waals surface area contributed by atoms with Gasteiger partial charge in [-0.1, -0.05) is 0 Å². The second-order valence-corrected chi connectivity index (χ2v) is 3.03. The van der Waals surface area contributed by atoms with Gasteiger partial charge in [0, 0.05) is 12.4 Å². The molecule has 0 radical (unpaired) electrons. The van der Waals surface area contributed by atoms with Crippen molar-refractivity contribution in [2.24, 2.45) is 0 Å². The highest BCUT2D eigenvalue weighted by Crippen LogP contribution is 2.15. The number of furan rings is 1. The molecule has 0 bridgehead atoms. The van der Waals surface area contributed by atoms with Crippen LogP contribution in [0.1, 0.15) is 5.76 Å². The summed E-state index contributed by atoms with van der Waals surface area (Å²) >= 11 is 0. The van der Waals surface area contributed by atoms with Crippen LogP contribution in [0.5, 0.6) is 0 Å². The third-order valence-electron chi connectivity index (χ3n) is 1.94. The van der Waals surface area contributed by atoms with Gasteiger partial charge in [0.25, 0.3) is 0 Å². The van der Waals surface area contributed by atoms with Gasteiger partial charge in [0.2, 0.25) is 0 Å². The molecule has 82 valence electrons. The van der Waals surface area contributed by atoms with Gasteiger partial charge >= 0.3 is 11.6 Å². The van der Waals surface area contributed by atoms with Crippen LogP contribution in [0.15, 0.2) is 39.8 Å². The summed E-state index contributed by atoms with van der Waals surface area (Å²) in [7, 11) is 0. The lowest BCUT2D eigenvalue weighted by atomic mass is 10.4. The van der Waals surface area contributed by atoms with Crippen molar-refractivity contribution in [1.82, 2.24) is 9.55 Å². The Morgan fingerprint density at radius 1 is 1.50 bits per heavy atom. The van der Waals surface area contributed by atoms with Crippen molar-refractivity contribution >= 4 is 5.88 Å². The maximum absolute atomic E-state index is 11.2. The van der Waals surface area contributed by atoms with Gasteiger partial charge in [-0.3, -0.25) is 14.7 Å². The van der Waals surface area contributed by atoms with E-state index in [2.05, 4.69) is 4.98 Å². The van der Waals surface area contributed by atoms with Gasteiger partial charge in [0.1, 0.15) is 10.7 Å². The average molecular weight is 221 g/mol. The standard InChI is InChI=1S/C9H7N3O4/c13-9-10-4-1-5-11(9)6-7-2-3-8(16-7)12(14)15/h1-5H,6H2. The summed E-state index contributed by atoms with van der Waals surface area (Å²) in [6.07, 6.45) is 2.91. The van der Waals surface area contributed by atoms with Crippen molar-refractivity contribution < 1.29 is 9.34 Å². The Balaban J connectivity index is 2.24. The SMILES string of the molecule is O=c1ncccn1Cc1ccc([N+](=O)[O-])o1. The van der Waals surface area contributed by atoms with E-state index in [1.807, 2.05) is 0 Å². The number of rotatable bonds is 3. The fraction of sp³-hybridized carbons (Fsp3) is 0.111. The lowest BCUT2D eigenvalue weighted by Crippen LogP contribution is -2.21. The van der Waals surface area contributed by atoms with E-state index in [9.17, 15) is 14.9 Å². The zero-order chi connectivity index (χ0) is 11.5. The van der Waals surface area contributed by atoms with Crippen molar-refractivity contribution in [1.29, 1.82) is 0 Å². The molecule has 0 aliphatic carbocycles. The fourth-order valence-electron chi connectivity index (χ4n) is 1.23. The van der Waals surface area contributed by atoms with Crippen molar-refractivity contribution in [2.75, 3.05) is 0 Å². The molecule has 0 unspecified atom stereocenters. The first-order chi connectivity index (χ1) is 7.66. The highest BCUT2D eigenvalue weighted by molar-refractivity contribution is 5.17. The maximum Gasteiger partial charge on any atom is 0.433 e. The summed E-state index contributed by atoms with van der Waals surface area (Å²) in [4.78, 5) is 24.5. The van der Waals surface area contributed by atoms with Crippen LogP contribution in [0.25, 0.3) is 0 Å². The second-order valence-electron chi connectivity index (χ2n) is 3.03. The average Bonchev–Trinajstić information content (AvgIpc) is 2.70. The van der Waals surface area contributed by atoms with E-state index in [4.69, 9.17) is 4.42 Å². The molecule has 7 heteroatoms. The minimum atomic E-state index is -0.629. The fourth-order valence-corrected chi connectivity index (χ4v) is 1.23. The predicted molar refractivity (Wildman–Crippen MR) is 53.0 cm³/mol. The van der Waals surface area contributed by atoms with E-state index in [0.717, 1.165) is 0 Å². The smallest absolute Gasteiger partial charge is 0.404 e. The summed E-state index contributed by atoms with van der Waals surface area (Å²) in [5.41, 5.74) is -0.429. The summed E-state index contributed by atoms with van der Waals surface area (Å²) in [6, 6.07) is 4.30. The van der Waals surface area contributed by atoms with Crippen molar-refractivity contribution in [3.8, 4) is 0 Å². The first-order valence-corrected chi connectivity index (χ1v) is 4.41.